The topological polar surface area (TPSA) is 29.3 Å². The number of rotatable bonds is 7. The van der Waals surface area contributed by atoms with Crippen LogP contribution in [0.15, 0.2) is 22.7 Å². The van der Waals surface area contributed by atoms with Crippen molar-refractivity contribution in [2.75, 3.05) is 18.0 Å². The average Bonchev–Trinajstić information content (AvgIpc) is 2.31. The van der Waals surface area contributed by atoms with E-state index < -0.39 is 0 Å². The summed E-state index contributed by atoms with van der Waals surface area (Å²) in [4.78, 5) is 2.45. The molecule has 0 bridgehead atoms. The third-order valence-electron chi connectivity index (χ3n) is 3.09. The Morgan fingerprint density at radius 2 is 2.06 bits per heavy atom. The summed E-state index contributed by atoms with van der Waals surface area (Å²) in [5.74, 6) is 0. The zero-order valence-electron chi connectivity index (χ0n) is 11.7. The molecule has 1 aromatic rings. The highest BCUT2D eigenvalue weighted by atomic mass is 79.9. The van der Waals surface area contributed by atoms with Crippen LogP contribution in [0, 0.1) is 0 Å². The van der Waals surface area contributed by atoms with Gasteiger partial charge in [0.2, 0.25) is 0 Å². The van der Waals surface area contributed by atoms with Gasteiger partial charge in [-0.3, -0.25) is 0 Å². The largest absolute Gasteiger partial charge is 0.372 e. The molecular weight excluding hydrogens is 288 g/mol. The van der Waals surface area contributed by atoms with Gasteiger partial charge in [0.05, 0.1) is 0 Å². The number of benzene rings is 1. The van der Waals surface area contributed by atoms with Crippen molar-refractivity contribution in [2.24, 2.45) is 5.73 Å². The first-order valence-corrected chi connectivity index (χ1v) is 7.66. The van der Waals surface area contributed by atoms with Gasteiger partial charge < -0.3 is 10.6 Å². The summed E-state index contributed by atoms with van der Waals surface area (Å²) in [5.41, 5.74) is 8.64. The minimum absolute atomic E-state index is 0.197. The fraction of sp³-hybridized carbons (Fsp3) is 0.600. The van der Waals surface area contributed by atoms with E-state index >= 15 is 0 Å². The lowest BCUT2D eigenvalue weighted by Gasteiger charge is -2.26. The summed E-state index contributed by atoms with van der Waals surface area (Å²) < 4.78 is 1.13. The van der Waals surface area contributed by atoms with Crippen LogP contribution in [-0.2, 0) is 6.42 Å². The summed E-state index contributed by atoms with van der Waals surface area (Å²) >= 11 is 3.55. The second-order valence-corrected chi connectivity index (χ2v) is 5.80. The minimum atomic E-state index is 0.197. The van der Waals surface area contributed by atoms with Crippen LogP contribution in [0.25, 0.3) is 0 Å². The van der Waals surface area contributed by atoms with Crippen molar-refractivity contribution in [1.82, 2.24) is 0 Å². The molecule has 102 valence electrons. The van der Waals surface area contributed by atoms with Gasteiger partial charge >= 0.3 is 0 Å². The molecule has 0 saturated heterocycles. The lowest BCUT2D eigenvalue weighted by atomic mass is 10.0. The van der Waals surface area contributed by atoms with E-state index in [9.17, 15) is 0 Å². The summed E-state index contributed by atoms with van der Waals surface area (Å²) in [6.45, 7) is 8.69. The summed E-state index contributed by atoms with van der Waals surface area (Å²) in [6.07, 6.45) is 3.40. The number of unbranched alkanes of at least 4 members (excludes halogenated alkanes) is 1. The molecule has 0 fully saturated rings. The first kappa shape index (κ1) is 15.5. The van der Waals surface area contributed by atoms with Crippen molar-refractivity contribution in [3.8, 4) is 0 Å². The Balaban J connectivity index is 2.96. The zero-order valence-corrected chi connectivity index (χ0v) is 13.3. The Morgan fingerprint density at radius 1 is 1.33 bits per heavy atom. The van der Waals surface area contributed by atoms with Crippen LogP contribution < -0.4 is 10.6 Å². The van der Waals surface area contributed by atoms with Gasteiger partial charge in [0.1, 0.15) is 0 Å². The van der Waals surface area contributed by atoms with Crippen LogP contribution >= 0.6 is 15.9 Å². The Morgan fingerprint density at radius 3 is 2.61 bits per heavy atom. The molecule has 2 nitrogen and oxygen atoms in total. The zero-order chi connectivity index (χ0) is 13.5. The molecule has 0 radical (unpaired) electrons. The molecule has 3 heteroatoms. The summed E-state index contributed by atoms with van der Waals surface area (Å²) in [7, 11) is 0. The maximum absolute atomic E-state index is 5.95. The Labute approximate surface area is 120 Å². The molecule has 0 amide bonds. The molecule has 1 rings (SSSR count). The van der Waals surface area contributed by atoms with Gasteiger partial charge in [0.25, 0.3) is 0 Å². The summed E-state index contributed by atoms with van der Waals surface area (Å²) in [6, 6.07) is 6.73. The molecule has 0 aromatic heterocycles. The van der Waals surface area contributed by atoms with E-state index in [0.29, 0.717) is 0 Å². The van der Waals surface area contributed by atoms with E-state index in [1.54, 1.807) is 0 Å². The number of halogens is 1. The van der Waals surface area contributed by atoms with Crippen LogP contribution in [0.5, 0.6) is 0 Å². The van der Waals surface area contributed by atoms with E-state index in [4.69, 9.17) is 5.73 Å². The standard InChI is InChI=1S/C15H25BrN2/c1-4-6-9-18(5-2)15-8-7-14(16)11-13(15)10-12(3)17/h7-8,11-12H,4-6,9-10,17H2,1-3H3. The maximum atomic E-state index is 5.95. The Kier molecular flexibility index (Phi) is 6.72. The van der Waals surface area contributed by atoms with Crippen LogP contribution in [0.1, 0.15) is 39.2 Å². The highest BCUT2D eigenvalue weighted by Crippen LogP contribution is 2.26. The highest BCUT2D eigenvalue weighted by molar-refractivity contribution is 9.10. The molecule has 0 spiro atoms. The van der Waals surface area contributed by atoms with E-state index in [2.05, 4.69) is 59.8 Å². The van der Waals surface area contributed by atoms with E-state index in [-0.39, 0.29) is 6.04 Å². The number of hydrogen-bond acceptors (Lipinski definition) is 2. The number of nitrogens with zero attached hydrogens (tertiary/aromatic N) is 1. The molecule has 0 aliphatic heterocycles. The normalized spacial score (nSPS) is 12.5. The highest BCUT2D eigenvalue weighted by Gasteiger charge is 2.11. The van der Waals surface area contributed by atoms with Crippen LogP contribution in [0.3, 0.4) is 0 Å². The van der Waals surface area contributed by atoms with Gasteiger partial charge in [-0.25, -0.2) is 0 Å². The van der Waals surface area contributed by atoms with Crippen molar-refractivity contribution in [1.29, 1.82) is 0 Å². The van der Waals surface area contributed by atoms with Gasteiger partial charge in [-0.2, -0.15) is 0 Å². The monoisotopic (exact) mass is 312 g/mol. The van der Waals surface area contributed by atoms with Crippen LogP contribution in [-0.4, -0.2) is 19.1 Å². The molecule has 0 aliphatic carbocycles. The third-order valence-corrected chi connectivity index (χ3v) is 3.58. The third kappa shape index (κ3) is 4.62. The lowest BCUT2D eigenvalue weighted by molar-refractivity contribution is 0.710. The maximum Gasteiger partial charge on any atom is 0.0400 e. The van der Waals surface area contributed by atoms with Crippen LogP contribution in [0.2, 0.25) is 0 Å². The number of anilines is 1. The van der Waals surface area contributed by atoms with Gasteiger partial charge in [0.15, 0.2) is 0 Å². The second-order valence-electron chi connectivity index (χ2n) is 4.89. The van der Waals surface area contributed by atoms with Crippen molar-refractivity contribution in [3.05, 3.63) is 28.2 Å². The van der Waals surface area contributed by atoms with Gasteiger partial charge in [0, 0.05) is 29.3 Å². The van der Waals surface area contributed by atoms with Gasteiger partial charge in [-0.15, -0.1) is 0 Å². The van der Waals surface area contributed by atoms with Crippen molar-refractivity contribution < 1.29 is 0 Å². The quantitative estimate of drug-likeness (QED) is 0.825. The van der Waals surface area contributed by atoms with E-state index in [1.807, 2.05) is 0 Å². The number of hydrogen-bond donors (Lipinski definition) is 1. The average molecular weight is 313 g/mol. The lowest BCUT2D eigenvalue weighted by Crippen LogP contribution is -2.26. The van der Waals surface area contributed by atoms with Gasteiger partial charge in [-0.1, -0.05) is 29.3 Å². The van der Waals surface area contributed by atoms with Crippen molar-refractivity contribution in [3.63, 3.8) is 0 Å². The predicted molar refractivity (Wildman–Crippen MR) is 84.3 cm³/mol. The molecule has 2 N–H and O–H groups in total. The molecule has 0 heterocycles. The van der Waals surface area contributed by atoms with E-state index in [1.165, 1.54) is 24.1 Å². The number of nitrogens with two attached hydrogens (primary N) is 1. The molecular formula is C15H25BrN2. The molecule has 0 aliphatic rings. The molecule has 1 aromatic carbocycles. The van der Waals surface area contributed by atoms with Crippen molar-refractivity contribution >= 4 is 21.6 Å². The fourth-order valence-electron chi connectivity index (χ4n) is 2.17. The van der Waals surface area contributed by atoms with Gasteiger partial charge in [-0.05, 0) is 50.5 Å². The second kappa shape index (κ2) is 7.80. The SMILES string of the molecule is CCCCN(CC)c1ccc(Br)cc1CC(C)N. The first-order valence-electron chi connectivity index (χ1n) is 6.87. The Bertz CT molecular complexity index is 364. The first-order chi connectivity index (χ1) is 8.58. The minimum Gasteiger partial charge on any atom is -0.372 e. The molecule has 0 saturated carbocycles. The van der Waals surface area contributed by atoms with E-state index in [0.717, 1.165) is 24.0 Å². The summed E-state index contributed by atoms with van der Waals surface area (Å²) in [5, 5.41) is 0. The van der Waals surface area contributed by atoms with Crippen LogP contribution in [0.4, 0.5) is 5.69 Å². The Hall–Kier alpha value is -0.540. The molecule has 18 heavy (non-hydrogen) atoms. The fourth-order valence-corrected chi connectivity index (χ4v) is 2.58. The smallest absolute Gasteiger partial charge is 0.0400 e. The van der Waals surface area contributed by atoms with Crippen molar-refractivity contribution in [2.45, 2.75) is 46.1 Å². The predicted octanol–water partition coefficient (Wildman–Crippen LogP) is 3.97. The molecule has 1 unspecified atom stereocenters. The molecule has 1 atom stereocenters.